The van der Waals surface area contributed by atoms with E-state index in [9.17, 15) is 18.5 Å². The lowest BCUT2D eigenvalue weighted by molar-refractivity contribution is -0.383. The Morgan fingerprint density at radius 2 is 1.85 bits per heavy atom. The van der Waals surface area contributed by atoms with Gasteiger partial charge in [0, 0.05) is 38.5 Å². The number of nitro groups is 1. The first kappa shape index (κ1) is 19.7. The Kier molecular flexibility index (Phi) is 6.10. The second-order valence-electron chi connectivity index (χ2n) is 6.37. The van der Waals surface area contributed by atoms with Gasteiger partial charge in [0.25, 0.3) is 0 Å². The smallest absolute Gasteiger partial charge is 0.304 e. The molecule has 1 saturated heterocycles. The van der Waals surface area contributed by atoms with E-state index in [1.165, 1.54) is 5.56 Å². The number of morpholine rings is 1. The van der Waals surface area contributed by atoms with E-state index in [1.54, 1.807) is 0 Å². The van der Waals surface area contributed by atoms with E-state index in [-0.39, 0.29) is 14.9 Å². The van der Waals surface area contributed by atoms with E-state index in [2.05, 4.69) is 10.2 Å². The van der Waals surface area contributed by atoms with Gasteiger partial charge in [-0.05, 0) is 11.1 Å². The van der Waals surface area contributed by atoms with Gasteiger partial charge < -0.3 is 10.1 Å². The Balaban J connectivity index is 1.64. The van der Waals surface area contributed by atoms with Gasteiger partial charge in [0.2, 0.25) is 0 Å². The number of benzene rings is 1. The van der Waals surface area contributed by atoms with Crippen molar-refractivity contribution >= 4 is 31.9 Å². The van der Waals surface area contributed by atoms with Crippen LogP contribution in [0.4, 0.5) is 10.7 Å². The van der Waals surface area contributed by atoms with Crippen LogP contribution >= 0.6 is 11.3 Å². The van der Waals surface area contributed by atoms with E-state index in [0.29, 0.717) is 6.54 Å². The molecule has 0 spiro atoms. The first-order valence-corrected chi connectivity index (χ1v) is 11.1. The van der Waals surface area contributed by atoms with Crippen molar-refractivity contribution in [1.29, 1.82) is 0 Å². The molecule has 1 fully saturated rings. The summed E-state index contributed by atoms with van der Waals surface area (Å²) in [6.45, 7) is 4.61. The fourth-order valence-corrected chi connectivity index (χ4v) is 4.70. The van der Waals surface area contributed by atoms with Gasteiger partial charge in [0.15, 0.2) is 14.8 Å². The molecule has 2 heterocycles. The molecule has 1 aliphatic rings. The lowest BCUT2D eigenvalue weighted by Gasteiger charge is -2.26. The fourth-order valence-electron chi connectivity index (χ4n) is 2.77. The van der Waals surface area contributed by atoms with Gasteiger partial charge in [0.05, 0.1) is 18.1 Å². The summed E-state index contributed by atoms with van der Waals surface area (Å²) < 4.78 is 28.6. The normalized spacial score (nSPS) is 15.6. The van der Waals surface area contributed by atoms with Gasteiger partial charge >= 0.3 is 5.69 Å². The third-order valence-electron chi connectivity index (χ3n) is 4.24. The largest absolute Gasteiger partial charge is 0.379 e. The van der Waals surface area contributed by atoms with E-state index in [4.69, 9.17) is 4.74 Å². The van der Waals surface area contributed by atoms with Crippen LogP contribution in [0.2, 0.25) is 0 Å². The second kappa shape index (κ2) is 8.34. The zero-order chi connectivity index (χ0) is 19.4. The van der Waals surface area contributed by atoms with Gasteiger partial charge in [0.1, 0.15) is 4.21 Å². The van der Waals surface area contributed by atoms with Crippen molar-refractivity contribution in [3.63, 3.8) is 0 Å². The Morgan fingerprint density at radius 1 is 1.22 bits per heavy atom. The summed E-state index contributed by atoms with van der Waals surface area (Å²) in [6, 6.07) is 9.13. The van der Waals surface area contributed by atoms with Gasteiger partial charge in [-0.15, -0.1) is 0 Å². The van der Waals surface area contributed by atoms with E-state index < -0.39 is 14.8 Å². The van der Waals surface area contributed by atoms with Crippen LogP contribution in [0.25, 0.3) is 0 Å². The first-order chi connectivity index (χ1) is 12.8. The molecule has 146 valence electrons. The van der Waals surface area contributed by atoms with Crippen LogP contribution in [0, 0.1) is 10.1 Å². The number of ether oxygens (including phenoxy) is 1. The highest BCUT2D eigenvalue weighted by molar-refractivity contribution is 7.92. The molecule has 27 heavy (non-hydrogen) atoms. The minimum Gasteiger partial charge on any atom is -0.379 e. The summed E-state index contributed by atoms with van der Waals surface area (Å²) in [5.41, 5.74) is 1.94. The molecule has 8 nitrogen and oxygen atoms in total. The van der Waals surface area contributed by atoms with Gasteiger partial charge in [-0.1, -0.05) is 35.6 Å². The molecule has 1 aromatic heterocycles. The first-order valence-electron chi connectivity index (χ1n) is 8.43. The van der Waals surface area contributed by atoms with Crippen LogP contribution in [0.15, 0.2) is 34.5 Å². The summed E-state index contributed by atoms with van der Waals surface area (Å²) >= 11 is 0.881. The lowest BCUT2D eigenvalue weighted by atomic mass is 10.1. The Morgan fingerprint density at radius 3 is 2.44 bits per heavy atom. The van der Waals surface area contributed by atoms with Gasteiger partial charge in [-0.25, -0.2) is 8.42 Å². The number of anilines is 1. The van der Waals surface area contributed by atoms with Crippen molar-refractivity contribution in [1.82, 2.24) is 4.90 Å². The molecule has 0 unspecified atom stereocenters. The number of nitrogens with one attached hydrogen (secondary N) is 1. The maximum absolute atomic E-state index is 11.6. The number of sulfone groups is 1. The minimum absolute atomic E-state index is 0.0161. The SMILES string of the molecule is CS(=O)(=O)c1cc([N+](=O)[O-])c(NCc2ccc(CN3CCOCC3)cc2)s1. The van der Waals surface area contributed by atoms with Crippen LogP contribution in [0.1, 0.15) is 11.1 Å². The molecule has 0 aliphatic carbocycles. The highest BCUT2D eigenvalue weighted by Gasteiger charge is 2.23. The number of nitrogens with zero attached hydrogens (tertiary/aromatic N) is 2. The highest BCUT2D eigenvalue weighted by atomic mass is 32.2. The van der Waals surface area contributed by atoms with Crippen LogP contribution in [0.5, 0.6) is 0 Å². The molecular weight excluding hydrogens is 390 g/mol. The summed E-state index contributed by atoms with van der Waals surface area (Å²) in [5, 5.41) is 14.4. The third kappa shape index (κ3) is 5.25. The quantitative estimate of drug-likeness (QED) is 0.552. The summed E-state index contributed by atoms with van der Waals surface area (Å²) in [6.07, 6.45) is 1.04. The average molecular weight is 412 g/mol. The predicted octanol–water partition coefficient (Wildman–Crippen LogP) is 2.50. The molecular formula is C17H21N3O5S2. The summed E-state index contributed by atoms with van der Waals surface area (Å²) in [5.74, 6) is 0. The molecule has 0 saturated carbocycles. The summed E-state index contributed by atoms with van der Waals surface area (Å²) in [4.78, 5) is 12.9. The maximum Gasteiger partial charge on any atom is 0.304 e. The zero-order valence-electron chi connectivity index (χ0n) is 14.9. The van der Waals surface area contributed by atoms with Crippen LogP contribution in [-0.4, -0.2) is 50.8 Å². The van der Waals surface area contributed by atoms with E-state index >= 15 is 0 Å². The zero-order valence-corrected chi connectivity index (χ0v) is 16.5. The molecule has 3 rings (SSSR count). The van der Waals surface area contributed by atoms with Gasteiger partial charge in [-0.3, -0.25) is 15.0 Å². The molecule has 0 atom stereocenters. The summed E-state index contributed by atoms with van der Waals surface area (Å²) in [7, 11) is -3.48. The Hall–Kier alpha value is -2.01. The van der Waals surface area contributed by atoms with Crippen molar-refractivity contribution < 1.29 is 18.1 Å². The van der Waals surface area contributed by atoms with Gasteiger partial charge in [-0.2, -0.15) is 0 Å². The Labute approximate surface area is 161 Å². The number of hydrogen-bond acceptors (Lipinski definition) is 8. The molecule has 1 aliphatic heterocycles. The molecule has 1 aromatic carbocycles. The van der Waals surface area contributed by atoms with Crippen LogP contribution in [0.3, 0.4) is 0 Å². The topological polar surface area (TPSA) is 102 Å². The predicted molar refractivity (Wildman–Crippen MR) is 104 cm³/mol. The number of hydrogen-bond donors (Lipinski definition) is 1. The lowest BCUT2D eigenvalue weighted by Crippen LogP contribution is -2.35. The standard InChI is InChI=1S/C17H21N3O5S2/c1-27(23,24)16-10-15(20(21)22)17(26-16)18-11-13-2-4-14(5-3-13)12-19-6-8-25-9-7-19/h2-5,10,18H,6-9,11-12H2,1H3. The van der Waals surface area contributed by atoms with Crippen LogP contribution in [-0.2, 0) is 27.7 Å². The number of rotatable bonds is 7. The molecule has 10 heteroatoms. The van der Waals surface area contributed by atoms with Crippen molar-refractivity contribution in [2.75, 3.05) is 37.9 Å². The molecule has 0 radical (unpaired) electrons. The monoisotopic (exact) mass is 411 g/mol. The van der Waals surface area contributed by atoms with E-state index in [0.717, 1.165) is 62.1 Å². The van der Waals surface area contributed by atoms with Crippen molar-refractivity contribution in [2.24, 2.45) is 0 Å². The average Bonchev–Trinajstić information content (AvgIpc) is 3.07. The molecule has 0 amide bonds. The molecule has 0 bridgehead atoms. The molecule has 1 N–H and O–H groups in total. The Bertz CT molecular complexity index is 903. The maximum atomic E-state index is 11.6. The van der Waals surface area contributed by atoms with Crippen molar-refractivity contribution in [2.45, 2.75) is 17.3 Å². The molecule has 2 aromatic rings. The van der Waals surface area contributed by atoms with Crippen molar-refractivity contribution in [3.05, 3.63) is 51.6 Å². The van der Waals surface area contributed by atoms with E-state index in [1.807, 2.05) is 24.3 Å². The fraction of sp³-hybridized carbons (Fsp3) is 0.412. The minimum atomic E-state index is -3.48. The number of thiophene rings is 1. The highest BCUT2D eigenvalue weighted by Crippen LogP contribution is 2.37. The third-order valence-corrected chi connectivity index (χ3v) is 7.12. The second-order valence-corrected chi connectivity index (χ2v) is 9.66. The van der Waals surface area contributed by atoms with Crippen LogP contribution < -0.4 is 5.32 Å². The van der Waals surface area contributed by atoms with Crippen molar-refractivity contribution in [3.8, 4) is 0 Å².